The molecule has 0 saturated heterocycles. The van der Waals surface area contributed by atoms with E-state index in [0.717, 1.165) is 5.56 Å². The Morgan fingerprint density at radius 2 is 2.26 bits per heavy atom. The van der Waals surface area contributed by atoms with Crippen molar-refractivity contribution < 1.29 is 19.4 Å². The number of carbonyl (C=O) groups is 2. The van der Waals surface area contributed by atoms with Crippen LogP contribution in [0.5, 0.6) is 5.75 Å². The second-order valence-electron chi connectivity index (χ2n) is 4.65. The number of carbonyl (C=O) groups excluding carboxylic acids is 1. The van der Waals surface area contributed by atoms with Gasteiger partial charge >= 0.3 is 5.97 Å². The molecule has 6 nitrogen and oxygen atoms in total. The summed E-state index contributed by atoms with van der Waals surface area (Å²) in [5.41, 5.74) is 1.55. The number of aliphatic carboxylic acids is 1. The van der Waals surface area contributed by atoms with Crippen LogP contribution in [0.2, 0.25) is 0 Å². The second kappa shape index (κ2) is 5.27. The lowest BCUT2D eigenvalue weighted by Crippen LogP contribution is -2.34. The summed E-state index contributed by atoms with van der Waals surface area (Å²) >= 11 is 0. The first kappa shape index (κ1) is 13.4. The van der Waals surface area contributed by atoms with Gasteiger partial charge in [-0.2, -0.15) is 0 Å². The van der Waals surface area contributed by atoms with Crippen molar-refractivity contribution in [3.8, 4) is 5.75 Å². The highest BCUT2D eigenvalue weighted by Gasteiger charge is 2.23. The lowest BCUT2D eigenvalue weighted by atomic mass is 10.1. The average molecular weight is 264 g/mol. The summed E-state index contributed by atoms with van der Waals surface area (Å²) in [6.45, 7) is 2.15. The van der Waals surface area contributed by atoms with Crippen molar-refractivity contribution in [3.63, 3.8) is 0 Å². The van der Waals surface area contributed by atoms with E-state index in [1.165, 1.54) is 0 Å². The lowest BCUT2D eigenvalue weighted by Gasteiger charge is -2.24. The Balaban J connectivity index is 2.11. The number of amides is 1. The molecule has 1 aromatic carbocycles. The molecule has 2 N–H and O–H groups in total. The molecule has 0 saturated carbocycles. The van der Waals surface area contributed by atoms with Gasteiger partial charge in [-0.05, 0) is 31.7 Å². The molecule has 1 unspecified atom stereocenters. The molecule has 0 aliphatic carbocycles. The second-order valence-corrected chi connectivity index (χ2v) is 4.65. The standard InChI is InChI=1S/C13H16N2O4/c1-8-13(18)14-10-5-9(3-4-11(10)19-8)6-15(2)7-12(16)17/h3-5,8H,6-7H2,1-2H3,(H,14,18)(H,16,17). The summed E-state index contributed by atoms with van der Waals surface area (Å²) in [5.74, 6) is -0.411. The van der Waals surface area contributed by atoms with Gasteiger partial charge in [0.1, 0.15) is 5.75 Å². The zero-order chi connectivity index (χ0) is 14.0. The zero-order valence-electron chi connectivity index (χ0n) is 10.8. The maximum atomic E-state index is 11.5. The minimum Gasteiger partial charge on any atom is -0.480 e. The number of likely N-dealkylation sites (N-methyl/N-ethyl adjacent to an activating group) is 1. The van der Waals surface area contributed by atoms with Gasteiger partial charge < -0.3 is 15.2 Å². The molecule has 1 atom stereocenters. The van der Waals surface area contributed by atoms with E-state index >= 15 is 0 Å². The topological polar surface area (TPSA) is 78.9 Å². The largest absolute Gasteiger partial charge is 0.480 e. The van der Waals surface area contributed by atoms with E-state index in [1.807, 2.05) is 6.07 Å². The van der Waals surface area contributed by atoms with E-state index in [4.69, 9.17) is 9.84 Å². The lowest BCUT2D eigenvalue weighted by molar-refractivity contribution is -0.138. The number of ether oxygens (including phenoxy) is 1. The molecule has 1 heterocycles. The van der Waals surface area contributed by atoms with E-state index in [2.05, 4.69) is 5.32 Å². The third-order valence-corrected chi connectivity index (χ3v) is 2.83. The van der Waals surface area contributed by atoms with Crippen LogP contribution >= 0.6 is 0 Å². The summed E-state index contributed by atoms with van der Waals surface area (Å²) in [7, 11) is 1.73. The van der Waals surface area contributed by atoms with Gasteiger partial charge in [0, 0.05) is 6.54 Å². The van der Waals surface area contributed by atoms with Gasteiger partial charge in [-0.3, -0.25) is 14.5 Å². The molecule has 19 heavy (non-hydrogen) atoms. The van der Waals surface area contributed by atoms with E-state index in [-0.39, 0.29) is 12.5 Å². The van der Waals surface area contributed by atoms with E-state index in [1.54, 1.807) is 31.0 Å². The number of benzene rings is 1. The van der Waals surface area contributed by atoms with Crippen molar-refractivity contribution in [2.75, 3.05) is 18.9 Å². The number of carboxylic acids is 1. The Bertz CT molecular complexity index is 515. The fraction of sp³-hybridized carbons (Fsp3) is 0.385. The van der Waals surface area contributed by atoms with Crippen LogP contribution in [0.15, 0.2) is 18.2 Å². The Morgan fingerprint density at radius 1 is 1.53 bits per heavy atom. The molecule has 0 aromatic heterocycles. The van der Waals surface area contributed by atoms with Gasteiger partial charge in [-0.15, -0.1) is 0 Å². The fourth-order valence-corrected chi connectivity index (χ4v) is 1.95. The SMILES string of the molecule is CC1Oc2ccc(CN(C)CC(=O)O)cc2NC1=O. The quantitative estimate of drug-likeness (QED) is 0.845. The number of fused-ring (bicyclic) bond motifs is 1. The van der Waals surface area contributed by atoms with E-state index in [9.17, 15) is 9.59 Å². The van der Waals surface area contributed by atoms with Crippen LogP contribution in [0.4, 0.5) is 5.69 Å². The van der Waals surface area contributed by atoms with Crippen molar-refractivity contribution in [3.05, 3.63) is 23.8 Å². The van der Waals surface area contributed by atoms with Gasteiger partial charge in [-0.25, -0.2) is 0 Å². The number of anilines is 1. The highest BCUT2D eigenvalue weighted by atomic mass is 16.5. The molecule has 2 rings (SSSR count). The number of nitrogens with one attached hydrogen (secondary N) is 1. The van der Waals surface area contributed by atoms with Crippen LogP contribution in [-0.4, -0.2) is 41.6 Å². The van der Waals surface area contributed by atoms with Crippen molar-refractivity contribution in [2.45, 2.75) is 19.6 Å². The molecule has 1 aliphatic heterocycles. The van der Waals surface area contributed by atoms with Crippen LogP contribution in [0, 0.1) is 0 Å². The van der Waals surface area contributed by atoms with Gasteiger partial charge in [0.05, 0.1) is 12.2 Å². The molecule has 102 valence electrons. The summed E-state index contributed by atoms with van der Waals surface area (Å²) in [6, 6.07) is 5.45. The number of hydrogen-bond acceptors (Lipinski definition) is 4. The maximum Gasteiger partial charge on any atom is 0.317 e. The molecule has 0 radical (unpaired) electrons. The normalized spacial score (nSPS) is 17.6. The Hall–Kier alpha value is -2.08. The monoisotopic (exact) mass is 264 g/mol. The minimum atomic E-state index is -0.870. The molecule has 0 spiro atoms. The first-order valence-electron chi connectivity index (χ1n) is 5.96. The molecule has 0 fully saturated rings. The zero-order valence-corrected chi connectivity index (χ0v) is 10.8. The Kier molecular flexibility index (Phi) is 3.71. The van der Waals surface area contributed by atoms with Gasteiger partial charge in [0.15, 0.2) is 6.10 Å². The number of rotatable bonds is 4. The fourth-order valence-electron chi connectivity index (χ4n) is 1.95. The van der Waals surface area contributed by atoms with Gasteiger partial charge in [-0.1, -0.05) is 6.07 Å². The van der Waals surface area contributed by atoms with E-state index in [0.29, 0.717) is 18.0 Å². The average Bonchev–Trinajstić information content (AvgIpc) is 2.30. The third kappa shape index (κ3) is 3.23. The summed E-state index contributed by atoms with van der Waals surface area (Å²) in [4.78, 5) is 23.8. The predicted octanol–water partition coefficient (Wildman–Crippen LogP) is 0.922. The Morgan fingerprint density at radius 3 is 2.95 bits per heavy atom. The number of carboxylic acid groups (broad SMARTS) is 1. The maximum absolute atomic E-state index is 11.5. The van der Waals surface area contributed by atoms with E-state index < -0.39 is 12.1 Å². The number of nitrogens with zero attached hydrogens (tertiary/aromatic N) is 1. The van der Waals surface area contributed by atoms with Crippen LogP contribution in [-0.2, 0) is 16.1 Å². The van der Waals surface area contributed by atoms with Crippen LogP contribution < -0.4 is 10.1 Å². The third-order valence-electron chi connectivity index (χ3n) is 2.83. The van der Waals surface area contributed by atoms with Crippen LogP contribution in [0.3, 0.4) is 0 Å². The first-order valence-corrected chi connectivity index (χ1v) is 5.96. The highest BCUT2D eigenvalue weighted by molar-refractivity contribution is 5.97. The van der Waals surface area contributed by atoms with Crippen molar-refractivity contribution in [2.24, 2.45) is 0 Å². The molecular formula is C13H16N2O4. The van der Waals surface area contributed by atoms with Gasteiger partial charge in [0.25, 0.3) is 5.91 Å². The molecule has 6 heteroatoms. The minimum absolute atomic E-state index is 0.0308. The summed E-state index contributed by atoms with van der Waals surface area (Å²) < 4.78 is 5.45. The van der Waals surface area contributed by atoms with Crippen molar-refractivity contribution in [1.29, 1.82) is 0 Å². The predicted molar refractivity (Wildman–Crippen MR) is 69.1 cm³/mol. The van der Waals surface area contributed by atoms with Gasteiger partial charge in [0.2, 0.25) is 0 Å². The van der Waals surface area contributed by atoms with Crippen LogP contribution in [0.1, 0.15) is 12.5 Å². The number of hydrogen-bond donors (Lipinski definition) is 2. The molecular weight excluding hydrogens is 248 g/mol. The van der Waals surface area contributed by atoms with Crippen molar-refractivity contribution >= 4 is 17.6 Å². The smallest absolute Gasteiger partial charge is 0.317 e. The molecule has 0 bridgehead atoms. The first-order chi connectivity index (χ1) is 8.95. The summed E-state index contributed by atoms with van der Waals surface area (Å²) in [5, 5.41) is 11.5. The van der Waals surface area contributed by atoms with Crippen LogP contribution in [0.25, 0.3) is 0 Å². The Labute approximate surface area is 111 Å². The van der Waals surface area contributed by atoms with Crippen molar-refractivity contribution in [1.82, 2.24) is 4.90 Å². The summed E-state index contributed by atoms with van der Waals surface area (Å²) in [6.07, 6.45) is -0.493. The highest BCUT2D eigenvalue weighted by Crippen LogP contribution is 2.30. The molecule has 1 aromatic rings. The molecule has 1 aliphatic rings. The molecule has 1 amide bonds.